The van der Waals surface area contributed by atoms with Gasteiger partial charge in [0.25, 0.3) is 0 Å². The van der Waals surface area contributed by atoms with Crippen molar-refractivity contribution < 1.29 is 9.59 Å². The van der Waals surface area contributed by atoms with E-state index in [1.807, 2.05) is 18.2 Å². The molecule has 0 aliphatic heterocycles. The fraction of sp³-hybridized carbons (Fsp3) is 0.438. The Kier molecular flexibility index (Phi) is 5.09. The van der Waals surface area contributed by atoms with E-state index in [-0.39, 0.29) is 6.04 Å². The third kappa shape index (κ3) is 4.15. The summed E-state index contributed by atoms with van der Waals surface area (Å²) < 4.78 is 0. The lowest BCUT2D eigenvalue weighted by Gasteiger charge is -2.09. The second-order valence-electron chi connectivity index (χ2n) is 5.49. The van der Waals surface area contributed by atoms with Crippen LogP contribution in [0.25, 0.3) is 0 Å². The van der Waals surface area contributed by atoms with Gasteiger partial charge in [0.05, 0.1) is 5.71 Å². The van der Waals surface area contributed by atoms with Crippen LogP contribution in [0.15, 0.2) is 29.4 Å². The van der Waals surface area contributed by atoms with E-state index in [1.54, 1.807) is 13.8 Å². The van der Waals surface area contributed by atoms with Crippen molar-refractivity contribution in [3.05, 3.63) is 35.4 Å². The number of fused-ring (bicyclic) bond motifs is 1. The van der Waals surface area contributed by atoms with Gasteiger partial charge in [-0.3, -0.25) is 9.59 Å². The molecule has 0 saturated heterocycles. The van der Waals surface area contributed by atoms with Gasteiger partial charge in [0, 0.05) is 11.6 Å². The fourth-order valence-electron chi connectivity index (χ4n) is 2.38. The van der Waals surface area contributed by atoms with Crippen molar-refractivity contribution in [1.29, 1.82) is 0 Å². The highest BCUT2D eigenvalue weighted by Gasteiger charge is 2.16. The minimum atomic E-state index is -0.724. The predicted octanol–water partition coefficient (Wildman–Crippen LogP) is 1.76. The van der Waals surface area contributed by atoms with Gasteiger partial charge in [-0.05, 0) is 45.1 Å². The molecule has 21 heavy (non-hydrogen) atoms. The Labute approximate surface area is 124 Å². The summed E-state index contributed by atoms with van der Waals surface area (Å²) in [4.78, 5) is 23.2. The number of benzene rings is 1. The van der Waals surface area contributed by atoms with Crippen LogP contribution in [0.4, 0.5) is 0 Å². The monoisotopic (exact) mass is 287 g/mol. The van der Waals surface area contributed by atoms with Crippen LogP contribution in [0.3, 0.4) is 0 Å². The van der Waals surface area contributed by atoms with Gasteiger partial charge in [0.15, 0.2) is 0 Å². The number of carbonyl (C=O) groups excluding carboxylic acids is 2. The molecule has 5 nitrogen and oxygen atoms in total. The predicted molar refractivity (Wildman–Crippen MR) is 82.0 cm³/mol. The summed E-state index contributed by atoms with van der Waals surface area (Å²) in [5.41, 5.74) is 5.52. The van der Waals surface area contributed by atoms with Gasteiger partial charge >= 0.3 is 11.8 Å². The zero-order valence-corrected chi connectivity index (χ0v) is 12.5. The first-order valence-corrected chi connectivity index (χ1v) is 7.33. The summed E-state index contributed by atoms with van der Waals surface area (Å²) in [7, 11) is 0. The number of nitrogens with zero attached hydrogens (tertiary/aromatic N) is 1. The van der Waals surface area contributed by atoms with Crippen LogP contribution in [0.5, 0.6) is 0 Å². The summed E-state index contributed by atoms with van der Waals surface area (Å²) in [6.07, 6.45) is 3.97. The number of amides is 2. The molecule has 2 N–H and O–H groups in total. The van der Waals surface area contributed by atoms with Crippen LogP contribution in [-0.4, -0.2) is 23.6 Å². The van der Waals surface area contributed by atoms with E-state index in [9.17, 15) is 9.59 Å². The molecule has 5 heteroatoms. The zero-order valence-electron chi connectivity index (χ0n) is 12.5. The molecule has 112 valence electrons. The van der Waals surface area contributed by atoms with E-state index in [0.717, 1.165) is 37.0 Å². The average molecular weight is 287 g/mol. The lowest BCUT2D eigenvalue weighted by molar-refractivity contribution is -0.139. The molecule has 1 aliphatic rings. The number of hydrogen-bond donors (Lipinski definition) is 2. The molecular formula is C16H21N3O2. The van der Waals surface area contributed by atoms with Gasteiger partial charge in [-0.1, -0.05) is 24.3 Å². The fourth-order valence-corrected chi connectivity index (χ4v) is 2.38. The maximum Gasteiger partial charge on any atom is 0.329 e. The second kappa shape index (κ2) is 7.02. The van der Waals surface area contributed by atoms with Crippen LogP contribution in [-0.2, 0) is 16.0 Å². The highest BCUT2D eigenvalue weighted by Crippen LogP contribution is 2.20. The number of carbonyl (C=O) groups is 2. The van der Waals surface area contributed by atoms with E-state index in [4.69, 9.17) is 0 Å². The van der Waals surface area contributed by atoms with Gasteiger partial charge in [0.2, 0.25) is 0 Å². The first kappa shape index (κ1) is 15.2. The molecule has 1 aromatic carbocycles. The standard InChI is InChI=1S/C16H21N3O2/c1-11(2)17-15(20)16(21)19-18-14-10-6-4-8-12-7-3-5-9-13(12)14/h3,5,7,9,11H,4,6,8,10H2,1-2H3,(H,17,20)(H,19,21)/b18-14-. The number of nitrogens with one attached hydrogen (secondary N) is 2. The molecule has 0 bridgehead atoms. The van der Waals surface area contributed by atoms with Gasteiger partial charge in [-0.2, -0.15) is 5.10 Å². The van der Waals surface area contributed by atoms with Gasteiger partial charge in [-0.25, -0.2) is 5.43 Å². The average Bonchev–Trinajstić information content (AvgIpc) is 2.66. The van der Waals surface area contributed by atoms with Crippen molar-refractivity contribution in [1.82, 2.24) is 10.7 Å². The Morgan fingerprint density at radius 1 is 1.10 bits per heavy atom. The largest absolute Gasteiger partial charge is 0.346 e. The van der Waals surface area contributed by atoms with Gasteiger partial charge in [0.1, 0.15) is 0 Å². The minimum Gasteiger partial charge on any atom is -0.346 e. The van der Waals surface area contributed by atoms with Crippen LogP contribution in [0, 0.1) is 0 Å². The Bertz CT molecular complexity index is 564. The molecule has 2 rings (SSSR count). The van der Waals surface area contributed by atoms with E-state index in [1.165, 1.54) is 5.56 Å². The summed E-state index contributed by atoms with van der Waals surface area (Å²) in [6.45, 7) is 3.61. The quantitative estimate of drug-likeness (QED) is 0.494. The normalized spacial score (nSPS) is 16.2. The van der Waals surface area contributed by atoms with Crippen molar-refractivity contribution in [2.75, 3.05) is 0 Å². The van der Waals surface area contributed by atoms with Crippen molar-refractivity contribution in [2.45, 2.75) is 45.6 Å². The third-order valence-electron chi connectivity index (χ3n) is 3.36. The number of rotatable bonds is 2. The molecule has 0 spiro atoms. The summed E-state index contributed by atoms with van der Waals surface area (Å²) in [5, 5.41) is 6.71. The second-order valence-corrected chi connectivity index (χ2v) is 5.49. The van der Waals surface area contributed by atoms with Crippen molar-refractivity contribution in [3.63, 3.8) is 0 Å². The van der Waals surface area contributed by atoms with Gasteiger partial charge in [-0.15, -0.1) is 0 Å². The highest BCUT2D eigenvalue weighted by molar-refractivity contribution is 6.35. The summed E-state index contributed by atoms with van der Waals surface area (Å²) >= 11 is 0. The maximum absolute atomic E-state index is 11.7. The van der Waals surface area contributed by atoms with Crippen molar-refractivity contribution >= 4 is 17.5 Å². The molecular weight excluding hydrogens is 266 g/mol. The van der Waals surface area contributed by atoms with E-state index >= 15 is 0 Å². The molecule has 2 amide bonds. The van der Waals surface area contributed by atoms with Gasteiger partial charge < -0.3 is 5.32 Å². The molecule has 0 atom stereocenters. The zero-order chi connectivity index (χ0) is 15.2. The molecule has 1 aliphatic carbocycles. The molecule has 0 radical (unpaired) electrons. The first-order chi connectivity index (χ1) is 10.1. The van der Waals surface area contributed by atoms with E-state index < -0.39 is 11.8 Å². The summed E-state index contributed by atoms with van der Waals surface area (Å²) in [5.74, 6) is -1.38. The van der Waals surface area contributed by atoms with Crippen LogP contribution >= 0.6 is 0 Å². The van der Waals surface area contributed by atoms with Crippen LogP contribution < -0.4 is 10.7 Å². The Balaban J connectivity index is 2.10. The lowest BCUT2D eigenvalue weighted by Crippen LogP contribution is -2.41. The highest BCUT2D eigenvalue weighted by atomic mass is 16.2. The van der Waals surface area contributed by atoms with Crippen LogP contribution in [0.1, 0.15) is 44.2 Å². The van der Waals surface area contributed by atoms with Crippen molar-refractivity contribution in [3.8, 4) is 0 Å². The molecule has 0 saturated carbocycles. The Morgan fingerprint density at radius 3 is 2.57 bits per heavy atom. The number of hydrogen-bond acceptors (Lipinski definition) is 3. The van der Waals surface area contributed by atoms with E-state index in [2.05, 4.69) is 21.9 Å². The number of aryl methyl sites for hydroxylation is 1. The number of hydrazone groups is 1. The SMILES string of the molecule is CC(C)NC(=O)C(=O)N/N=C1/CCCCc2ccccc21. The molecule has 1 aromatic rings. The maximum atomic E-state index is 11.7. The third-order valence-corrected chi connectivity index (χ3v) is 3.36. The molecule has 0 fully saturated rings. The minimum absolute atomic E-state index is 0.0745. The lowest BCUT2D eigenvalue weighted by atomic mass is 10.0. The molecule has 0 heterocycles. The van der Waals surface area contributed by atoms with Crippen molar-refractivity contribution in [2.24, 2.45) is 5.10 Å². The molecule has 0 unspecified atom stereocenters. The van der Waals surface area contributed by atoms with Crippen LogP contribution in [0.2, 0.25) is 0 Å². The first-order valence-electron chi connectivity index (χ1n) is 7.33. The Morgan fingerprint density at radius 2 is 1.81 bits per heavy atom. The smallest absolute Gasteiger partial charge is 0.329 e. The topological polar surface area (TPSA) is 70.6 Å². The summed E-state index contributed by atoms with van der Waals surface area (Å²) in [6, 6.07) is 8.00. The molecule has 0 aromatic heterocycles. The Hall–Kier alpha value is -2.17. The van der Waals surface area contributed by atoms with E-state index in [0.29, 0.717) is 0 Å².